The summed E-state index contributed by atoms with van der Waals surface area (Å²) in [6.07, 6.45) is 0. The second kappa shape index (κ2) is 10.9. The van der Waals surface area contributed by atoms with Gasteiger partial charge in [-0.15, -0.1) is 0 Å². The summed E-state index contributed by atoms with van der Waals surface area (Å²) in [6.45, 7) is 7.92. The third-order valence-corrected chi connectivity index (χ3v) is 5.29. The minimum atomic E-state index is -0.680. The van der Waals surface area contributed by atoms with E-state index in [2.05, 4.69) is 21.6 Å². The Morgan fingerprint density at radius 2 is 1.84 bits per heavy atom. The monoisotopic (exact) mass is 425 g/mol. The van der Waals surface area contributed by atoms with Crippen LogP contribution in [-0.4, -0.2) is 56.2 Å². The zero-order valence-electron chi connectivity index (χ0n) is 18.4. The molecular weight excluding hydrogens is 394 g/mol. The Kier molecular flexibility index (Phi) is 8.03. The van der Waals surface area contributed by atoms with E-state index in [1.807, 2.05) is 32.0 Å². The van der Waals surface area contributed by atoms with Crippen LogP contribution in [0.1, 0.15) is 29.8 Å². The van der Waals surface area contributed by atoms with Gasteiger partial charge in [0.2, 0.25) is 5.91 Å². The number of methoxy groups -OCH3 is 1. The molecule has 0 radical (unpaired) electrons. The maximum Gasteiger partial charge on any atom is 0.255 e. The molecular formula is C24H31N3O4. The van der Waals surface area contributed by atoms with Crippen LogP contribution in [0.25, 0.3) is 0 Å². The molecule has 31 heavy (non-hydrogen) atoms. The molecule has 1 heterocycles. The summed E-state index contributed by atoms with van der Waals surface area (Å²) in [5.74, 6) is -0.206. The zero-order valence-corrected chi connectivity index (χ0v) is 18.4. The summed E-state index contributed by atoms with van der Waals surface area (Å²) in [7, 11) is 1.52. The standard InChI is InChI=1S/C24H31N3O4/c1-17(2)22(26-23(28)20-9-4-5-10-21(20)30-3)24(29)25-19-8-6-7-18(15-19)16-27-11-13-31-14-12-27/h4-10,15,17,22H,11-14,16H2,1-3H3,(H,25,29)(H,26,28). The number of ether oxygens (including phenoxy) is 2. The fraction of sp³-hybridized carbons (Fsp3) is 0.417. The highest BCUT2D eigenvalue weighted by molar-refractivity contribution is 6.02. The first-order valence-corrected chi connectivity index (χ1v) is 10.6. The summed E-state index contributed by atoms with van der Waals surface area (Å²) in [6, 6.07) is 14.1. The number of morpholine rings is 1. The number of para-hydroxylation sites is 1. The first-order chi connectivity index (χ1) is 15.0. The zero-order chi connectivity index (χ0) is 22.2. The quantitative estimate of drug-likeness (QED) is 0.680. The summed E-state index contributed by atoms with van der Waals surface area (Å²) in [5.41, 5.74) is 2.24. The largest absolute Gasteiger partial charge is 0.496 e. The van der Waals surface area contributed by atoms with Crippen LogP contribution < -0.4 is 15.4 Å². The number of hydrogen-bond acceptors (Lipinski definition) is 5. The van der Waals surface area contributed by atoms with Crippen LogP contribution in [0.3, 0.4) is 0 Å². The lowest BCUT2D eigenvalue weighted by Gasteiger charge is -2.26. The van der Waals surface area contributed by atoms with Gasteiger partial charge in [-0.25, -0.2) is 0 Å². The van der Waals surface area contributed by atoms with Crippen molar-refractivity contribution in [2.24, 2.45) is 5.92 Å². The molecule has 1 atom stereocenters. The van der Waals surface area contributed by atoms with Crippen LogP contribution in [0.2, 0.25) is 0 Å². The Balaban J connectivity index is 1.66. The minimum Gasteiger partial charge on any atom is -0.496 e. The van der Waals surface area contributed by atoms with Gasteiger partial charge in [-0.2, -0.15) is 0 Å². The van der Waals surface area contributed by atoms with E-state index in [0.717, 1.165) is 38.4 Å². The minimum absolute atomic E-state index is 0.0878. The van der Waals surface area contributed by atoms with Gasteiger partial charge in [-0.05, 0) is 35.7 Å². The topological polar surface area (TPSA) is 79.9 Å². The number of benzene rings is 2. The van der Waals surface area contributed by atoms with Crippen LogP contribution in [0.15, 0.2) is 48.5 Å². The van der Waals surface area contributed by atoms with Crippen molar-refractivity contribution in [3.05, 3.63) is 59.7 Å². The van der Waals surface area contributed by atoms with Gasteiger partial charge in [0.1, 0.15) is 11.8 Å². The number of hydrogen-bond donors (Lipinski definition) is 2. The van der Waals surface area contributed by atoms with Crippen LogP contribution in [-0.2, 0) is 16.1 Å². The van der Waals surface area contributed by atoms with Gasteiger partial charge in [0.25, 0.3) is 5.91 Å². The molecule has 0 aliphatic carbocycles. The molecule has 7 nitrogen and oxygen atoms in total. The lowest BCUT2D eigenvalue weighted by atomic mass is 10.0. The van der Waals surface area contributed by atoms with Crippen molar-refractivity contribution >= 4 is 17.5 Å². The molecule has 0 saturated carbocycles. The van der Waals surface area contributed by atoms with Crippen molar-refractivity contribution in [3.8, 4) is 5.75 Å². The molecule has 2 aromatic carbocycles. The number of nitrogens with zero attached hydrogens (tertiary/aromatic N) is 1. The Bertz CT molecular complexity index is 894. The van der Waals surface area contributed by atoms with E-state index in [4.69, 9.17) is 9.47 Å². The predicted octanol–water partition coefficient (Wildman–Crippen LogP) is 2.92. The molecule has 0 spiro atoms. The van der Waals surface area contributed by atoms with Crippen LogP contribution in [0.5, 0.6) is 5.75 Å². The first-order valence-electron chi connectivity index (χ1n) is 10.6. The molecule has 1 aliphatic heterocycles. The van der Waals surface area contributed by atoms with Crippen molar-refractivity contribution in [2.45, 2.75) is 26.4 Å². The van der Waals surface area contributed by atoms with Crippen molar-refractivity contribution in [1.29, 1.82) is 0 Å². The molecule has 2 amide bonds. The Morgan fingerprint density at radius 1 is 1.10 bits per heavy atom. The van der Waals surface area contributed by atoms with E-state index in [-0.39, 0.29) is 17.7 Å². The van der Waals surface area contributed by atoms with E-state index in [9.17, 15) is 9.59 Å². The first kappa shape index (κ1) is 22.8. The van der Waals surface area contributed by atoms with Crippen LogP contribution >= 0.6 is 0 Å². The number of carbonyl (C=O) groups is 2. The summed E-state index contributed by atoms with van der Waals surface area (Å²) in [4.78, 5) is 28.1. The van der Waals surface area contributed by atoms with Crippen molar-refractivity contribution < 1.29 is 19.1 Å². The average molecular weight is 426 g/mol. The fourth-order valence-corrected chi connectivity index (χ4v) is 3.57. The Hall–Kier alpha value is -2.90. The van der Waals surface area contributed by atoms with E-state index < -0.39 is 6.04 Å². The van der Waals surface area contributed by atoms with Gasteiger partial charge in [0.05, 0.1) is 25.9 Å². The molecule has 7 heteroatoms. The van der Waals surface area contributed by atoms with Gasteiger partial charge in [0.15, 0.2) is 0 Å². The second-order valence-electron chi connectivity index (χ2n) is 7.97. The number of rotatable bonds is 8. The second-order valence-corrected chi connectivity index (χ2v) is 7.97. The van der Waals surface area contributed by atoms with Gasteiger partial charge in [-0.3, -0.25) is 14.5 Å². The Morgan fingerprint density at radius 3 is 2.55 bits per heavy atom. The van der Waals surface area contributed by atoms with Crippen molar-refractivity contribution in [3.63, 3.8) is 0 Å². The van der Waals surface area contributed by atoms with Gasteiger partial charge >= 0.3 is 0 Å². The molecule has 2 aromatic rings. The third-order valence-electron chi connectivity index (χ3n) is 5.29. The number of nitrogens with one attached hydrogen (secondary N) is 2. The summed E-state index contributed by atoms with van der Waals surface area (Å²) < 4.78 is 10.7. The molecule has 1 fully saturated rings. The molecule has 0 bridgehead atoms. The third kappa shape index (κ3) is 6.29. The normalized spacial score (nSPS) is 15.4. The maximum absolute atomic E-state index is 13.0. The fourth-order valence-electron chi connectivity index (χ4n) is 3.57. The van der Waals surface area contributed by atoms with Crippen molar-refractivity contribution in [1.82, 2.24) is 10.2 Å². The SMILES string of the molecule is COc1ccccc1C(=O)NC(C(=O)Nc1cccc(CN2CCOCC2)c1)C(C)C. The highest BCUT2D eigenvalue weighted by Gasteiger charge is 2.26. The number of anilines is 1. The van der Waals surface area contributed by atoms with Gasteiger partial charge in [0, 0.05) is 25.3 Å². The smallest absolute Gasteiger partial charge is 0.255 e. The number of amides is 2. The summed E-state index contributed by atoms with van der Waals surface area (Å²) in [5, 5.41) is 5.81. The van der Waals surface area contributed by atoms with Crippen LogP contribution in [0.4, 0.5) is 5.69 Å². The molecule has 1 saturated heterocycles. The van der Waals surface area contributed by atoms with Crippen LogP contribution in [0, 0.1) is 5.92 Å². The Labute approximate surface area is 183 Å². The van der Waals surface area contributed by atoms with E-state index in [0.29, 0.717) is 17.0 Å². The van der Waals surface area contributed by atoms with Gasteiger partial charge in [-0.1, -0.05) is 38.1 Å². The molecule has 0 aromatic heterocycles. The molecule has 1 aliphatic rings. The molecule has 166 valence electrons. The highest BCUT2D eigenvalue weighted by Crippen LogP contribution is 2.19. The average Bonchev–Trinajstić information content (AvgIpc) is 2.78. The van der Waals surface area contributed by atoms with E-state index in [1.54, 1.807) is 24.3 Å². The molecule has 2 N–H and O–H groups in total. The predicted molar refractivity (Wildman–Crippen MR) is 120 cm³/mol. The lowest BCUT2D eigenvalue weighted by molar-refractivity contribution is -0.118. The van der Waals surface area contributed by atoms with Crippen molar-refractivity contribution in [2.75, 3.05) is 38.7 Å². The van der Waals surface area contributed by atoms with E-state index in [1.165, 1.54) is 7.11 Å². The molecule has 1 unspecified atom stereocenters. The summed E-state index contributed by atoms with van der Waals surface area (Å²) >= 11 is 0. The molecule has 3 rings (SSSR count). The van der Waals surface area contributed by atoms with E-state index >= 15 is 0 Å². The maximum atomic E-state index is 13.0. The van der Waals surface area contributed by atoms with Gasteiger partial charge < -0.3 is 20.1 Å². The number of carbonyl (C=O) groups excluding carboxylic acids is 2. The highest BCUT2D eigenvalue weighted by atomic mass is 16.5. The lowest BCUT2D eigenvalue weighted by Crippen LogP contribution is -2.47.